The molecule has 0 amide bonds. The third-order valence-corrected chi connectivity index (χ3v) is 4.39. The first kappa shape index (κ1) is 15.4. The fourth-order valence-electron chi connectivity index (χ4n) is 2.10. The van der Waals surface area contributed by atoms with Crippen LogP contribution in [0, 0.1) is 0 Å². The number of carbonyl (C=O) groups is 1. The molecule has 2 rings (SSSR count). The Morgan fingerprint density at radius 1 is 1.35 bits per heavy atom. The maximum absolute atomic E-state index is 12.3. The molecule has 1 atom stereocenters. The Morgan fingerprint density at radius 2 is 2.15 bits per heavy atom. The second-order valence-electron chi connectivity index (χ2n) is 4.90. The molecule has 1 fully saturated rings. The molecular weight excluding hydrogens is 273 g/mol. The first-order valence-electron chi connectivity index (χ1n) is 7.01. The van der Waals surface area contributed by atoms with Crippen molar-refractivity contribution in [2.24, 2.45) is 0 Å². The van der Waals surface area contributed by atoms with E-state index in [0.717, 1.165) is 38.4 Å². The normalized spacial score (nSPS) is 30.1. The molecule has 20 heavy (non-hydrogen) atoms. The summed E-state index contributed by atoms with van der Waals surface area (Å²) in [6, 6.07) is 0. The molecule has 0 radical (unpaired) electrons. The maximum atomic E-state index is 12.3. The Hall–Kier alpha value is -0.960. The van der Waals surface area contributed by atoms with Crippen LogP contribution in [-0.4, -0.2) is 50.2 Å². The highest BCUT2D eigenvalue weighted by Crippen LogP contribution is 2.35. The van der Waals surface area contributed by atoms with E-state index in [1.165, 1.54) is 0 Å². The zero-order valence-electron chi connectivity index (χ0n) is 12.0. The summed E-state index contributed by atoms with van der Waals surface area (Å²) < 4.78 is 10.9. The molecule has 110 valence electrons. The van der Waals surface area contributed by atoms with Crippen molar-refractivity contribution in [1.29, 1.82) is 0 Å². The predicted molar refractivity (Wildman–Crippen MR) is 81.8 cm³/mol. The Labute approximate surface area is 122 Å². The second kappa shape index (κ2) is 8.35. The van der Waals surface area contributed by atoms with Gasteiger partial charge in [0.15, 0.2) is 5.78 Å². The molecule has 4 nitrogen and oxygen atoms in total. The van der Waals surface area contributed by atoms with Gasteiger partial charge in [-0.3, -0.25) is 9.69 Å². The number of hydrogen-bond donors (Lipinski definition) is 0. The van der Waals surface area contributed by atoms with Crippen LogP contribution in [0.5, 0.6) is 0 Å². The van der Waals surface area contributed by atoms with E-state index in [1.54, 1.807) is 6.26 Å². The minimum Gasteiger partial charge on any atom is -0.477 e. The zero-order valence-corrected chi connectivity index (χ0v) is 12.9. The van der Waals surface area contributed by atoms with Gasteiger partial charge < -0.3 is 9.26 Å². The van der Waals surface area contributed by atoms with Gasteiger partial charge in [-0.25, -0.2) is 0 Å². The van der Waals surface area contributed by atoms with Crippen LogP contribution in [0.25, 0.3) is 0 Å². The van der Waals surface area contributed by atoms with E-state index in [-0.39, 0.29) is 5.78 Å². The number of nitrogens with zero attached hydrogens (tertiary/aromatic N) is 1. The Morgan fingerprint density at radius 3 is 2.95 bits per heavy atom. The first-order valence-corrected chi connectivity index (χ1v) is 8.78. The molecule has 1 saturated heterocycles. The van der Waals surface area contributed by atoms with Gasteiger partial charge in [0.2, 0.25) is 0 Å². The second-order valence-corrected chi connectivity index (χ2v) is 6.50. The lowest BCUT2D eigenvalue weighted by Crippen LogP contribution is -2.37. The molecule has 0 N–H and O–H groups in total. The summed E-state index contributed by atoms with van der Waals surface area (Å²) in [5, 5.41) is 0. The fourth-order valence-corrected chi connectivity index (χ4v) is 2.80. The van der Waals surface area contributed by atoms with Gasteiger partial charge in [-0.15, -0.1) is 0 Å². The average Bonchev–Trinajstić information content (AvgIpc) is 2.58. The quantitative estimate of drug-likeness (QED) is 0.748. The molecule has 2 aliphatic heterocycles. The minimum absolute atomic E-state index is 0.187. The van der Waals surface area contributed by atoms with Gasteiger partial charge in [-0.05, 0) is 18.9 Å². The maximum Gasteiger partial charge on any atom is 0.163 e. The van der Waals surface area contributed by atoms with Crippen LogP contribution in [0.1, 0.15) is 12.8 Å². The van der Waals surface area contributed by atoms with E-state index in [0.29, 0.717) is 12.8 Å². The van der Waals surface area contributed by atoms with Gasteiger partial charge in [0.25, 0.3) is 0 Å². The largest absolute Gasteiger partial charge is 0.477 e. The molecule has 0 aromatic heterocycles. The Bertz CT molecular complexity index is 411. The molecule has 0 bridgehead atoms. The summed E-state index contributed by atoms with van der Waals surface area (Å²) in [5.41, 5.74) is 0.771. The van der Waals surface area contributed by atoms with E-state index in [2.05, 4.69) is 4.90 Å². The lowest BCUT2D eigenvalue weighted by molar-refractivity contribution is -0.116. The molecule has 5 heteroatoms. The highest BCUT2D eigenvalue weighted by molar-refractivity contribution is 7.55. The third-order valence-electron chi connectivity index (χ3n) is 3.36. The smallest absolute Gasteiger partial charge is 0.163 e. The molecule has 0 spiro atoms. The van der Waals surface area contributed by atoms with Crippen LogP contribution in [0.2, 0.25) is 0 Å². The van der Waals surface area contributed by atoms with Gasteiger partial charge >= 0.3 is 0 Å². The highest BCUT2D eigenvalue weighted by Gasteiger charge is 2.15. The lowest BCUT2D eigenvalue weighted by Gasteiger charge is -2.26. The third kappa shape index (κ3) is 5.20. The van der Waals surface area contributed by atoms with Crippen molar-refractivity contribution in [1.82, 2.24) is 4.90 Å². The Kier molecular flexibility index (Phi) is 6.44. The van der Waals surface area contributed by atoms with Crippen LogP contribution >= 0.6 is 8.15 Å². The van der Waals surface area contributed by atoms with Gasteiger partial charge in [0.05, 0.1) is 19.5 Å². The van der Waals surface area contributed by atoms with Crippen LogP contribution in [0.3, 0.4) is 0 Å². The number of Topliss-reactive ketones (excluding diaryl/α,β-unsaturated/α-hetero) is 1. The van der Waals surface area contributed by atoms with Crippen molar-refractivity contribution < 1.29 is 14.1 Å². The van der Waals surface area contributed by atoms with Crippen molar-refractivity contribution in [2.75, 3.05) is 39.5 Å². The van der Waals surface area contributed by atoms with Crippen molar-refractivity contribution in [3.05, 3.63) is 35.9 Å². The number of carbonyl (C=O) groups excluding carboxylic acids is 1. The fraction of sp³-hybridized carbons (Fsp3) is 0.533. The molecule has 0 aromatic rings. The SMILES string of the molecule is CP1/C=C\C=C/C/C(C(=O)CCN2CCOCC2)=C\O1. The monoisotopic (exact) mass is 295 g/mol. The molecule has 0 aromatic carbocycles. The van der Waals surface area contributed by atoms with E-state index in [1.807, 2.05) is 30.7 Å². The van der Waals surface area contributed by atoms with Crippen LogP contribution in [0.4, 0.5) is 0 Å². The van der Waals surface area contributed by atoms with Gasteiger partial charge in [0.1, 0.15) is 8.15 Å². The minimum atomic E-state index is -0.613. The van der Waals surface area contributed by atoms with Crippen molar-refractivity contribution >= 4 is 13.9 Å². The molecule has 0 aliphatic carbocycles. The van der Waals surface area contributed by atoms with E-state index >= 15 is 0 Å². The predicted octanol–water partition coefficient (Wildman–Crippen LogP) is 2.68. The summed E-state index contributed by atoms with van der Waals surface area (Å²) >= 11 is 0. The van der Waals surface area contributed by atoms with Crippen molar-refractivity contribution in [3.63, 3.8) is 0 Å². The molecule has 0 saturated carbocycles. The van der Waals surface area contributed by atoms with Gasteiger partial charge in [0, 0.05) is 31.6 Å². The standard InChI is InChI=1S/C15H22NO3P/c1-20-12-4-2-3-5-14(13-19-20)15(17)6-7-16-8-10-18-11-9-16/h2-4,12-13H,5-11H2,1H3/b3-2-,12-4-,14-13+. The summed E-state index contributed by atoms with van der Waals surface area (Å²) in [7, 11) is -0.613. The van der Waals surface area contributed by atoms with Crippen LogP contribution in [0.15, 0.2) is 35.9 Å². The van der Waals surface area contributed by atoms with Gasteiger partial charge in [-0.2, -0.15) is 0 Å². The molecule has 2 aliphatic rings. The summed E-state index contributed by atoms with van der Waals surface area (Å²) in [4.78, 5) is 14.6. The number of ether oxygens (including phenoxy) is 1. The molecule has 2 heterocycles. The number of allylic oxidation sites excluding steroid dienone is 4. The van der Waals surface area contributed by atoms with E-state index in [4.69, 9.17) is 9.26 Å². The number of rotatable bonds is 4. The lowest BCUT2D eigenvalue weighted by atomic mass is 10.1. The summed E-state index contributed by atoms with van der Waals surface area (Å²) in [6.07, 6.45) is 8.84. The average molecular weight is 295 g/mol. The number of ketones is 1. The zero-order chi connectivity index (χ0) is 14.2. The Balaban J connectivity index is 1.85. The molecular formula is C15H22NO3P. The van der Waals surface area contributed by atoms with Crippen LogP contribution in [-0.2, 0) is 14.1 Å². The highest BCUT2D eigenvalue weighted by atomic mass is 31.1. The summed E-state index contributed by atoms with van der Waals surface area (Å²) in [6.45, 7) is 6.22. The van der Waals surface area contributed by atoms with Gasteiger partial charge in [-0.1, -0.05) is 18.2 Å². The van der Waals surface area contributed by atoms with Crippen molar-refractivity contribution in [3.8, 4) is 0 Å². The van der Waals surface area contributed by atoms with Crippen LogP contribution < -0.4 is 0 Å². The summed E-state index contributed by atoms with van der Waals surface area (Å²) in [5.74, 6) is 2.22. The van der Waals surface area contributed by atoms with E-state index < -0.39 is 8.15 Å². The molecule has 1 unspecified atom stereocenters. The number of morpholine rings is 1. The topological polar surface area (TPSA) is 38.8 Å². The van der Waals surface area contributed by atoms with Crippen molar-refractivity contribution in [2.45, 2.75) is 12.8 Å². The number of hydrogen-bond acceptors (Lipinski definition) is 4. The first-order chi connectivity index (χ1) is 9.75. The van der Waals surface area contributed by atoms with E-state index in [9.17, 15) is 4.79 Å².